The quantitative estimate of drug-likeness (QED) is 0.915. The number of fused-ring (bicyclic) bond motifs is 1. The molecule has 3 rings (SSSR count). The van der Waals surface area contributed by atoms with Crippen LogP contribution in [0.5, 0.6) is 5.75 Å². The van der Waals surface area contributed by atoms with Crippen LogP contribution in [0.1, 0.15) is 23.2 Å². The SMILES string of the molecule is Cn1cccc1CNC(=O)CCc1ccc2c(c1)CCO2. The predicted molar refractivity (Wildman–Crippen MR) is 81.2 cm³/mol. The highest BCUT2D eigenvalue weighted by molar-refractivity contribution is 5.76. The molecule has 0 spiro atoms. The fraction of sp³-hybridized carbons (Fsp3) is 0.353. The van der Waals surface area contributed by atoms with E-state index < -0.39 is 0 Å². The molecule has 0 bridgehead atoms. The first-order chi connectivity index (χ1) is 10.2. The molecule has 21 heavy (non-hydrogen) atoms. The second kappa shape index (κ2) is 6.04. The number of nitrogens with one attached hydrogen (secondary N) is 1. The minimum Gasteiger partial charge on any atom is -0.493 e. The largest absolute Gasteiger partial charge is 0.493 e. The summed E-state index contributed by atoms with van der Waals surface area (Å²) < 4.78 is 7.50. The molecule has 4 nitrogen and oxygen atoms in total. The van der Waals surface area contributed by atoms with Crippen molar-refractivity contribution in [3.8, 4) is 5.75 Å². The minimum atomic E-state index is 0.0907. The highest BCUT2D eigenvalue weighted by atomic mass is 16.5. The van der Waals surface area contributed by atoms with Gasteiger partial charge in [0.15, 0.2) is 0 Å². The Morgan fingerprint density at radius 3 is 3.10 bits per heavy atom. The molecule has 2 aromatic rings. The number of nitrogens with zero attached hydrogens (tertiary/aromatic N) is 1. The number of ether oxygens (including phenoxy) is 1. The number of aryl methyl sites for hydroxylation is 2. The molecule has 110 valence electrons. The normalized spacial score (nSPS) is 12.8. The van der Waals surface area contributed by atoms with E-state index in [2.05, 4.69) is 17.4 Å². The molecule has 1 N–H and O–H groups in total. The maximum Gasteiger partial charge on any atom is 0.220 e. The van der Waals surface area contributed by atoms with Gasteiger partial charge in [-0.2, -0.15) is 0 Å². The number of hydrogen-bond donors (Lipinski definition) is 1. The lowest BCUT2D eigenvalue weighted by Gasteiger charge is -2.07. The Kier molecular flexibility index (Phi) is 3.95. The van der Waals surface area contributed by atoms with E-state index in [1.165, 1.54) is 11.1 Å². The summed E-state index contributed by atoms with van der Waals surface area (Å²) in [4.78, 5) is 11.9. The lowest BCUT2D eigenvalue weighted by Crippen LogP contribution is -2.24. The lowest BCUT2D eigenvalue weighted by molar-refractivity contribution is -0.121. The molecule has 0 unspecified atom stereocenters. The smallest absolute Gasteiger partial charge is 0.220 e. The van der Waals surface area contributed by atoms with Crippen LogP contribution in [0.25, 0.3) is 0 Å². The van der Waals surface area contributed by atoms with Crippen LogP contribution in [0.2, 0.25) is 0 Å². The molecule has 0 atom stereocenters. The van der Waals surface area contributed by atoms with Crippen LogP contribution in [0.4, 0.5) is 0 Å². The number of aromatic nitrogens is 1. The molecule has 1 aromatic carbocycles. The third-order valence-electron chi connectivity index (χ3n) is 3.91. The van der Waals surface area contributed by atoms with Crippen molar-refractivity contribution in [2.45, 2.75) is 25.8 Å². The molecular weight excluding hydrogens is 264 g/mol. The van der Waals surface area contributed by atoms with Crippen molar-refractivity contribution in [1.29, 1.82) is 0 Å². The molecule has 1 aliphatic heterocycles. The summed E-state index contributed by atoms with van der Waals surface area (Å²) in [5.41, 5.74) is 3.57. The van der Waals surface area contributed by atoms with Crippen LogP contribution >= 0.6 is 0 Å². The average Bonchev–Trinajstić information content (AvgIpc) is 3.11. The molecule has 0 radical (unpaired) electrons. The van der Waals surface area contributed by atoms with E-state index in [0.29, 0.717) is 13.0 Å². The summed E-state index contributed by atoms with van der Waals surface area (Å²) in [6, 6.07) is 10.2. The van der Waals surface area contributed by atoms with Gasteiger partial charge in [0.2, 0.25) is 5.91 Å². The van der Waals surface area contributed by atoms with Crippen molar-refractivity contribution in [1.82, 2.24) is 9.88 Å². The molecule has 0 aliphatic carbocycles. The number of hydrogen-bond acceptors (Lipinski definition) is 2. The van der Waals surface area contributed by atoms with Crippen LogP contribution in [0.15, 0.2) is 36.5 Å². The summed E-state index contributed by atoms with van der Waals surface area (Å²) in [5, 5.41) is 2.96. The van der Waals surface area contributed by atoms with Gasteiger partial charge in [-0.05, 0) is 35.7 Å². The number of rotatable bonds is 5. The van der Waals surface area contributed by atoms with Crippen molar-refractivity contribution in [2.75, 3.05) is 6.61 Å². The molecule has 1 aromatic heterocycles. The lowest BCUT2D eigenvalue weighted by atomic mass is 10.0. The monoisotopic (exact) mass is 284 g/mol. The zero-order valence-corrected chi connectivity index (χ0v) is 12.3. The number of benzene rings is 1. The fourth-order valence-electron chi connectivity index (χ4n) is 2.61. The fourth-order valence-corrected chi connectivity index (χ4v) is 2.61. The van der Waals surface area contributed by atoms with Gasteiger partial charge in [-0.1, -0.05) is 12.1 Å². The number of amides is 1. The standard InChI is InChI=1S/C17H20N2O2/c1-19-9-2-3-15(19)12-18-17(20)7-5-13-4-6-16-14(11-13)8-10-21-16/h2-4,6,9,11H,5,7-8,10,12H2,1H3,(H,18,20). The highest BCUT2D eigenvalue weighted by Gasteiger charge is 2.12. The van der Waals surface area contributed by atoms with Crippen molar-refractivity contribution < 1.29 is 9.53 Å². The Morgan fingerprint density at radius 1 is 1.38 bits per heavy atom. The Labute approximate surface area is 124 Å². The maximum absolute atomic E-state index is 11.9. The first-order valence-electron chi connectivity index (χ1n) is 7.34. The molecule has 0 fully saturated rings. The predicted octanol–water partition coefficient (Wildman–Crippen LogP) is 2.21. The van der Waals surface area contributed by atoms with Crippen LogP contribution in [-0.4, -0.2) is 17.1 Å². The molecule has 4 heteroatoms. The van der Waals surface area contributed by atoms with Gasteiger partial charge in [0.25, 0.3) is 0 Å². The molecule has 1 amide bonds. The molecular formula is C17H20N2O2. The summed E-state index contributed by atoms with van der Waals surface area (Å²) in [7, 11) is 1.98. The van der Waals surface area contributed by atoms with Gasteiger partial charge in [-0.3, -0.25) is 4.79 Å². The minimum absolute atomic E-state index is 0.0907. The van der Waals surface area contributed by atoms with Gasteiger partial charge in [0, 0.05) is 31.8 Å². The Morgan fingerprint density at radius 2 is 2.29 bits per heavy atom. The van der Waals surface area contributed by atoms with Gasteiger partial charge in [-0.25, -0.2) is 0 Å². The van der Waals surface area contributed by atoms with E-state index in [-0.39, 0.29) is 5.91 Å². The van der Waals surface area contributed by atoms with E-state index >= 15 is 0 Å². The van der Waals surface area contributed by atoms with E-state index in [0.717, 1.165) is 30.9 Å². The third kappa shape index (κ3) is 3.27. The van der Waals surface area contributed by atoms with E-state index in [1.807, 2.05) is 36.0 Å². The molecule has 0 saturated heterocycles. The van der Waals surface area contributed by atoms with Gasteiger partial charge in [0.1, 0.15) is 5.75 Å². The van der Waals surface area contributed by atoms with Crippen molar-refractivity contribution >= 4 is 5.91 Å². The topological polar surface area (TPSA) is 43.3 Å². The number of carbonyl (C=O) groups is 1. The van der Waals surface area contributed by atoms with Crippen molar-refractivity contribution in [3.05, 3.63) is 53.3 Å². The zero-order chi connectivity index (χ0) is 14.7. The zero-order valence-electron chi connectivity index (χ0n) is 12.3. The van der Waals surface area contributed by atoms with Crippen molar-refractivity contribution in [3.63, 3.8) is 0 Å². The van der Waals surface area contributed by atoms with E-state index in [4.69, 9.17) is 4.74 Å². The Balaban J connectivity index is 1.48. The van der Waals surface area contributed by atoms with Gasteiger partial charge >= 0.3 is 0 Å². The van der Waals surface area contributed by atoms with E-state index in [9.17, 15) is 4.79 Å². The Hall–Kier alpha value is -2.23. The van der Waals surface area contributed by atoms with Crippen LogP contribution < -0.4 is 10.1 Å². The molecule has 1 aliphatic rings. The Bertz CT molecular complexity index is 646. The second-order valence-corrected chi connectivity index (χ2v) is 5.43. The van der Waals surface area contributed by atoms with Crippen molar-refractivity contribution in [2.24, 2.45) is 7.05 Å². The van der Waals surface area contributed by atoms with E-state index in [1.54, 1.807) is 0 Å². The van der Waals surface area contributed by atoms with Gasteiger partial charge in [0.05, 0.1) is 13.2 Å². The van der Waals surface area contributed by atoms with Gasteiger partial charge in [-0.15, -0.1) is 0 Å². The second-order valence-electron chi connectivity index (χ2n) is 5.43. The van der Waals surface area contributed by atoms with Crippen LogP contribution in [0, 0.1) is 0 Å². The molecule has 0 saturated carbocycles. The first kappa shape index (κ1) is 13.7. The first-order valence-corrected chi connectivity index (χ1v) is 7.34. The van der Waals surface area contributed by atoms with Crippen LogP contribution in [-0.2, 0) is 31.2 Å². The van der Waals surface area contributed by atoms with Gasteiger partial charge < -0.3 is 14.6 Å². The highest BCUT2D eigenvalue weighted by Crippen LogP contribution is 2.26. The third-order valence-corrected chi connectivity index (χ3v) is 3.91. The van der Waals surface area contributed by atoms with Crippen LogP contribution in [0.3, 0.4) is 0 Å². The summed E-state index contributed by atoms with van der Waals surface area (Å²) >= 11 is 0. The summed E-state index contributed by atoms with van der Waals surface area (Å²) in [5.74, 6) is 1.08. The maximum atomic E-state index is 11.9. The number of carbonyl (C=O) groups excluding carboxylic acids is 1. The average molecular weight is 284 g/mol. The summed E-state index contributed by atoms with van der Waals surface area (Å²) in [6.07, 6.45) is 4.24. The summed E-state index contributed by atoms with van der Waals surface area (Å²) in [6.45, 7) is 1.36. The molecule has 2 heterocycles.